The van der Waals surface area contributed by atoms with Crippen LogP contribution in [-0.2, 0) is 11.2 Å². The standard InChI is InChI=1S/C22H27NO6/c1-6-29-22(24)23-17-10-7-13-11-18(26-3)20(27-4)21(28-5)19(13)15-9-8-14(25-2)12-16(15)17/h8-9,11-12,17H,6-7,10H2,1-5H3,(H,23,24)/t17-/m0/s1. The van der Waals surface area contributed by atoms with Crippen LogP contribution in [0.2, 0.25) is 0 Å². The van der Waals surface area contributed by atoms with Crippen LogP contribution in [0.1, 0.15) is 30.5 Å². The van der Waals surface area contributed by atoms with Crippen molar-refractivity contribution in [2.45, 2.75) is 25.8 Å². The number of carbonyl (C=O) groups excluding carboxylic acids is 1. The number of nitrogens with one attached hydrogen (secondary N) is 1. The van der Waals surface area contributed by atoms with Gasteiger partial charge in [-0.05, 0) is 54.7 Å². The van der Waals surface area contributed by atoms with Gasteiger partial charge in [0, 0.05) is 5.56 Å². The summed E-state index contributed by atoms with van der Waals surface area (Å²) >= 11 is 0. The smallest absolute Gasteiger partial charge is 0.407 e. The van der Waals surface area contributed by atoms with Crippen LogP contribution in [0.3, 0.4) is 0 Å². The van der Waals surface area contributed by atoms with Crippen LogP contribution >= 0.6 is 0 Å². The molecule has 0 radical (unpaired) electrons. The van der Waals surface area contributed by atoms with E-state index in [1.165, 1.54) is 0 Å². The average molecular weight is 401 g/mol. The average Bonchev–Trinajstić information content (AvgIpc) is 2.89. The van der Waals surface area contributed by atoms with E-state index >= 15 is 0 Å². The highest BCUT2D eigenvalue weighted by Crippen LogP contribution is 2.50. The number of benzene rings is 2. The van der Waals surface area contributed by atoms with Gasteiger partial charge in [-0.2, -0.15) is 0 Å². The van der Waals surface area contributed by atoms with Gasteiger partial charge in [-0.15, -0.1) is 0 Å². The van der Waals surface area contributed by atoms with E-state index in [-0.39, 0.29) is 6.04 Å². The molecule has 156 valence electrons. The largest absolute Gasteiger partial charge is 0.497 e. The zero-order valence-corrected chi connectivity index (χ0v) is 17.5. The van der Waals surface area contributed by atoms with Crippen LogP contribution in [0.25, 0.3) is 11.1 Å². The number of rotatable bonds is 6. The Labute approximate surface area is 170 Å². The fourth-order valence-electron chi connectivity index (χ4n) is 3.80. The molecule has 0 spiro atoms. The van der Waals surface area contributed by atoms with E-state index in [9.17, 15) is 4.79 Å². The summed E-state index contributed by atoms with van der Waals surface area (Å²) < 4.78 is 27.4. The summed E-state index contributed by atoms with van der Waals surface area (Å²) in [6.45, 7) is 2.09. The van der Waals surface area contributed by atoms with Gasteiger partial charge in [0.2, 0.25) is 5.75 Å². The normalized spacial score (nSPS) is 14.7. The maximum absolute atomic E-state index is 12.2. The lowest BCUT2D eigenvalue weighted by molar-refractivity contribution is 0.147. The number of hydrogen-bond acceptors (Lipinski definition) is 6. The van der Waals surface area contributed by atoms with Crippen molar-refractivity contribution in [2.75, 3.05) is 35.0 Å². The molecule has 0 aliphatic heterocycles. The Morgan fingerprint density at radius 3 is 2.41 bits per heavy atom. The number of amides is 1. The number of ether oxygens (including phenoxy) is 5. The van der Waals surface area contributed by atoms with Crippen LogP contribution in [0.4, 0.5) is 4.79 Å². The first-order chi connectivity index (χ1) is 14.1. The first-order valence-electron chi connectivity index (χ1n) is 9.51. The van der Waals surface area contributed by atoms with E-state index in [0.29, 0.717) is 42.4 Å². The molecule has 0 saturated heterocycles. The van der Waals surface area contributed by atoms with E-state index in [1.807, 2.05) is 24.3 Å². The molecule has 7 nitrogen and oxygen atoms in total. The molecule has 0 fully saturated rings. The van der Waals surface area contributed by atoms with Crippen molar-refractivity contribution in [3.63, 3.8) is 0 Å². The van der Waals surface area contributed by atoms with Crippen LogP contribution in [0.15, 0.2) is 24.3 Å². The maximum atomic E-state index is 12.2. The monoisotopic (exact) mass is 401 g/mol. The lowest BCUT2D eigenvalue weighted by Gasteiger charge is -2.21. The van der Waals surface area contributed by atoms with Crippen LogP contribution in [-0.4, -0.2) is 41.1 Å². The van der Waals surface area contributed by atoms with Gasteiger partial charge in [0.05, 0.1) is 41.1 Å². The number of aryl methyl sites for hydroxylation is 1. The Hall–Kier alpha value is -3.09. The molecule has 1 aliphatic rings. The van der Waals surface area contributed by atoms with Gasteiger partial charge in [-0.1, -0.05) is 6.07 Å². The Morgan fingerprint density at radius 2 is 1.79 bits per heavy atom. The van der Waals surface area contributed by atoms with Crippen molar-refractivity contribution in [1.82, 2.24) is 5.32 Å². The number of methoxy groups -OCH3 is 4. The Bertz CT molecular complexity index is 895. The van der Waals surface area contributed by atoms with Crippen molar-refractivity contribution >= 4 is 6.09 Å². The minimum absolute atomic E-state index is 0.242. The molecule has 0 bridgehead atoms. The summed E-state index contributed by atoms with van der Waals surface area (Å²) in [6, 6.07) is 7.54. The molecule has 0 unspecified atom stereocenters. The van der Waals surface area contributed by atoms with Gasteiger partial charge in [-0.3, -0.25) is 0 Å². The van der Waals surface area contributed by atoms with Crippen LogP contribution < -0.4 is 24.3 Å². The molecule has 0 heterocycles. The summed E-state index contributed by atoms with van der Waals surface area (Å²) in [5, 5.41) is 2.98. The Morgan fingerprint density at radius 1 is 1.03 bits per heavy atom. The third kappa shape index (κ3) is 3.90. The highest BCUT2D eigenvalue weighted by atomic mass is 16.5. The van der Waals surface area contributed by atoms with Gasteiger partial charge < -0.3 is 29.0 Å². The quantitative estimate of drug-likeness (QED) is 0.785. The summed E-state index contributed by atoms with van der Waals surface area (Å²) in [4.78, 5) is 12.2. The van der Waals surface area contributed by atoms with Gasteiger partial charge >= 0.3 is 6.09 Å². The van der Waals surface area contributed by atoms with Gasteiger partial charge in [0.15, 0.2) is 11.5 Å². The number of carbonyl (C=O) groups is 1. The molecule has 0 aromatic heterocycles. The molecular formula is C22H27NO6. The second kappa shape index (κ2) is 8.94. The summed E-state index contributed by atoms with van der Waals surface area (Å²) in [5.41, 5.74) is 3.86. The van der Waals surface area contributed by atoms with E-state index in [0.717, 1.165) is 22.3 Å². The fraction of sp³-hybridized carbons (Fsp3) is 0.409. The maximum Gasteiger partial charge on any atom is 0.407 e. The third-order valence-electron chi connectivity index (χ3n) is 5.09. The highest BCUT2D eigenvalue weighted by molar-refractivity contribution is 5.83. The molecule has 1 aliphatic carbocycles. The van der Waals surface area contributed by atoms with Gasteiger partial charge in [-0.25, -0.2) is 4.79 Å². The molecule has 1 atom stereocenters. The molecular weight excluding hydrogens is 374 g/mol. The molecule has 29 heavy (non-hydrogen) atoms. The van der Waals surface area contributed by atoms with Crippen molar-refractivity contribution in [3.8, 4) is 34.1 Å². The summed E-state index contributed by atoms with van der Waals surface area (Å²) in [5.74, 6) is 2.45. The number of hydrogen-bond donors (Lipinski definition) is 1. The lowest BCUT2D eigenvalue weighted by atomic mass is 9.93. The zero-order chi connectivity index (χ0) is 21.0. The zero-order valence-electron chi connectivity index (χ0n) is 17.5. The van der Waals surface area contributed by atoms with E-state index in [1.54, 1.807) is 35.4 Å². The molecule has 1 N–H and O–H groups in total. The fourth-order valence-corrected chi connectivity index (χ4v) is 3.80. The lowest BCUT2D eigenvalue weighted by Crippen LogP contribution is -2.29. The summed E-state index contributed by atoms with van der Waals surface area (Å²) in [6.07, 6.45) is 0.949. The van der Waals surface area contributed by atoms with Crippen molar-refractivity contribution in [1.29, 1.82) is 0 Å². The minimum Gasteiger partial charge on any atom is -0.497 e. The van der Waals surface area contributed by atoms with Crippen molar-refractivity contribution in [3.05, 3.63) is 35.4 Å². The number of fused-ring (bicyclic) bond motifs is 3. The molecule has 2 aromatic rings. The number of alkyl carbamates (subject to hydrolysis) is 1. The van der Waals surface area contributed by atoms with E-state index in [4.69, 9.17) is 23.7 Å². The van der Waals surface area contributed by atoms with Crippen molar-refractivity contribution in [2.24, 2.45) is 0 Å². The Kier molecular flexibility index (Phi) is 6.36. The van der Waals surface area contributed by atoms with Crippen LogP contribution in [0.5, 0.6) is 23.0 Å². The molecule has 0 saturated carbocycles. The molecule has 3 rings (SSSR count). The van der Waals surface area contributed by atoms with Gasteiger partial charge in [0.1, 0.15) is 5.75 Å². The van der Waals surface area contributed by atoms with Crippen molar-refractivity contribution < 1.29 is 28.5 Å². The molecule has 7 heteroatoms. The predicted molar refractivity (Wildman–Crippen MR) is 109 cm³/mol. The SMILES string of the molecule is CCOC(=O)N[C@H]1CCc2cc(OC)c(OC)c(OC)c2-c2ccc(OC)cc21. The minimum atomic E-state index is -0.445. The first kappa shape index (κ1) is 20.6. The predicted octanol–water partition coefficient (Wildman–Crippen LogP) is 4.12. The van der Waals surface area contributed by atoms with Gasteiger partial charge in [0.25, 0.3) is 0 Å². The molecule has 2 aromatic carbocycles. The van der Waals surface area contributed by atoms with E-state index in [2.05, 4.69) is 5.32 Å². The first-order valence-corrected chi connectivity index (χ1v) is 9.51. The second-order valence-electron chi connectivity index (χ2n) is 6.59. The third-order valence-corrected chi connectivity index (χ3v) is 5.09. The van der Waals surface area contributed by atoms with E-state index < -0.39 is 6.09 Å². The van der Waals surface area contributed by atoms with Crippen LogP contribution in [0, 0.1) is 0 Å². The topological polar surface area (TPSA) is 75.3 Å². The summed E-state index contributed by atoms with van der Waals surface area (Å²) in [7, 11) is 6.42. The molecule has 1 amide bonds. The second-order valence-corrected chi connectivity index (χ2v) is 6.59. The highest BCUT2D eigenvalue weighted by Gasteiger charge is 2.30. The Balaban J connectivity index is 2.22.